The van der Waals surface area contributed by atoms with Crippen molar-refractivity contribution in [2.45, 2.75) is 52.6 Å². The fraction of sp³-hybridized carbons (Fsp3) is 0.682. The fourth-order valence-electron chi connectivity index (χ4n) is 7.37. The number of aliphatic hydroxyl groups is 1. The normalized spacial score (nSPS) is 49.7. The number of carbonyl (C=O) groups excluding carboxylic acids is 3. The highest BCUT2D eigenvalue weighted by Gasteiger charge is 2.64. The molecule has 3 saturated carbocycles. The van der Waals surface area contributed by atoms with E-state index in [4.69, 9.17) is 0 Å². The molecule has 0 amide bonds. The molecule has 4 heteroatoms. The van der Waals surface area contributed by atoms with E-state index >= 15 is 0 Å². The summed E-state index contributed by atoms with van der Waals surface area (Å²) in [6, 6.07) is 0. The highest BCUT2D eigenvalue weighted by molar-refractivity contribution is 6.26. The van der Waals surface area contributed by atoms with E-state index in [0.717, 1.165) is 24.8 Å². The Hall–Kier alpha value is -1.55. The number of hydrogen-bond acceptors (Lipinski definition) is 4. The van der Waals surface area contributed by atoms with Crippen molar-refractivity contribution < 1.29 is 19.5 Å². The van der Waals surface area contributed by atoms with E-state index < -0.39 is 6.10 Å². The minimum Gasteiger partial charge on any atom is -0.393 e. The molecule has 0 saturated heterocycles. The third-order valence-corrected chi connectivity index (χ3v) is 8.26. The number of aldehydes is 1. The van der Waals surface area contributed by atoms with Gasteiger partial charge in [-0.15, -0.1) is 0 Å². The van der Waals surface area contributed by atoms with Gasteiger partial charge in [-0.05, 0) is 61.0 Å². The van der Waals surface area contributed by atoms with Crippen LogP contribution in [-0.2, 0) is 14.4 Å². The molecule has 140 valence electrons. The third-order valence-electron chi connectivity index (χ3n) is 8.26. The van der Waals surface area contributed by atoms with Crippen LogP contribution in [0.3, 0.4) is 0 Å². The number of hydrogen-bond donors (Lipinski definition) is 1. The molecule has 0 aromatic carbocycles. The Balaban J connectivity index is 1.75. The van der Waals surface area contributed by atoms with Gasteiger partial charge in [0.25, 0.3) is 0 Å². The van der Waals surface area contributed by atoms with E-state index in [1.807, 2.05) is 6.08 Å². The maximum absolute atomic E-state index is 12.4. The van der Waals surface area contributed by atoms with Gasteiger partial charge < -0.3 is 5.11 Å². The molecule has 8 atom stereocenters. The zero-order valence-electron chi connectivity index (χ0n) is 15.8. The minimum absolute atomic E-state index is 0.0391. The summed E-state index contributed by atoms with van der Waals surface area (Å²) in [4.78, 5) is 35.4. The van der Waals surface area contributed by atoms with Crippen LogP contribution in [0.25, 0.3) is 0 Å². The van der Waals surface area contributed by atoms with Gasteiger partial charge in [0.1, 0.15) is 0 Å². The lowest BCUT2D eigenvalue weighted by molar-refractivity contribution is -0.144. The number of Topliss-reactive ketones (excluding diaryl/α,β-unsaturated/α-hetero) is 1. The SMILES string of the molecule is CC1C[C@H]2[C@@H]3CCC4=CC(=O)C=C[C@]4(C)[C@H]3C(O)C[C@]2(C)[C@H]1C(=O)C=O. The molecule has 0 aromatic heterocycles. The first-order valence-corrected chi connectivity index (χ1v) is 9.83. The summed E-state index contributed by atoms with van der Waals surface area (Å²) >= 11 is 0. The van der Waals surface area contributed by atoms with E-state index in [-0.39, 0.29) is 40.2 Å². The van der Waals surface area contributed by atoms with Crippen molar-refractivity contribution in [3.05, 3.63) is 23.8 Å². The first kappa shape index (κ1) is 17.8. The summed E-state index contributed by atoms with van der Waals surface area (Å²) in [7, 11) is 0. The molecule has 0 aromatic rings. The maximum atomic E-state index is 12.4. The van der Waals surface area contributed by atoms with Crippen LogP contribution >= 0.6 is 0 Å². The largest absolute Gasteiger partial charge is 0.393 e. The van der Waals surface area contributed by atoms with Gasteiger partial charge in [0.2, 0.25) is 0 Å². The van der Waals surface area contributed by atoms with Crippen molar-refractivity contribution in [1.82, 2.24) is 0 Å². The van der Waals surface area contributed by atoms with Crippen molar-refractivity contribution >= 4 is 17.9 Å². The monoisotopic (exact) mass is 356 g/mol. The Morgan fingerprint density at radius 3 is 2.77 bits per heavy atom. The van der Waals surface area contributed by atoms with Crippen LogP contribution in [0.5, 0.6) is 0 Å². The number of rotatable bonds is 2. The van der Waals surface area contributed by atoms with Gasteiger partial charge in [-0.2, -0.15) is 0 Å². The molecule has 4 aliphatic rings. The molecular formula is C22H28O4. The summed E-state index contributed by atoms with van der Waals surface area (Å²) in [5.41, 5.74) is 0.539. The van der Waals surface area contributed by atoms with Gasteiger partial charge in [0, 0.05) is 17.3 Å². The first-order valence-electron chi connectivity index (χ1n) is 9.83. The summed E-state index contributed by atoms with van der Waals surface area (Å²) < 4.78 is 0. The molecule has 2 unspecified atom stereocenters. The van der Waals surface area contributed by atoms with E-state index in [9.17, 15) is 19.5 Å². The Bertz CT molecular complexity index is 734. The Kier molecular flexibility index (Phi) is 3.93. The number of carbonyl (C=O) groups is 3. The van der Waals surface area contributed by atoms with Gasteiger partial charge in [0.15, 0.2) is 17.9 Å². The topological polar surface area (TPSA) is 71.4 Å². The molecule has 0 radical (unpaired) electrons. The number of fused-ring (bicyclic) bond motifs is 5. The van der Waals surface area contributed by atoms with E-state index in [1.54, 1.807) is 12.2 Å². The zero-order valence-corrected chi connectivity index (χ0v) is 15.8. The maximum Gasteiger partial charge on any atom is 0.199 e. The molecule has 4 rings (SSSR count). The van der Waals surface area contributed by atoms with E-state index in [0.29, 0.717) is 24.5 Å². The van der Waals surface area contributed by atoms with Crippen molar-refractivity contribution in [3.8, 4) is 0 Å². The van der Waals surface area contributed by atoms with Crippen LogP contribution in [0.1, 0.15) is 46.5 Å². The van der Waals surface area contributed by atoms with Crippen molar-refractivity contribution in [1.29, 1.82) is 0 Å². The lowest BCUT2D eigenvalue weighted by Crippen LogP contribution is -2.56. The molecule has 0 bridgehead atoms. The molecule has 0 spiro atoms. The van der Waals surface area contributed by atoms with Crippen molar-refractivity contribution in [3.63, 3.8) is 0 Å². The number of allylic oxidation sites excluding steroid dienone is 4. The average Bonchev–Trinajstić information content (AvgIpc) is 2.84. The van der Waals surface area contributed by atoms with Crippen LogP contribution in [0, 0.1) is 40.4 Å². The van der Waals surface area contributed by atoms with Crippen molar-refractivity contribution in [2.75, 3.05) is 0 Å². The molecule has 4 aliphatic carbocycles. The molecule has 4 nitrogen and oxygen atoms in total. The average molecular weight is 356 g/mol. The first-order chi connectivity index (χ1) is 12.2. The molecule has 1 N–H and O–H groups in total. The smallest absolute Gasteiger partial charge is 0.199 e. The van der Waals surface area contributed by atoms with E-state index in [2.05, 4.69) is 20.8 Å². The minimum atomic E-state index is -0.528. The number of aliphatic hydroxyl groups excluding tert-OH is 1. The second-order valence-corrected chi connectivity index (χ2v) is 9.51. The lowest BCUT2D eigenvalue weighted by Gasteiger charge is -2.58. The second kappa shape index (κ2) is 5.72. The Morgan fingerprint density at radius 2 is 2.08 bits per heavy atom. The van der Waals surface area contributed by atoms with Crippen LogP contribution < -0.4 is 0 Å². The Labute approximate surface area is 154 Å². The molecule has 0 heterocycles. The highest BCUT2D eigenvalue weighted by Crippen LogP contribution is 2.67. The molecular weight excluding hydrogens is 328 g/mol. The zero-order chi connectivity index (χ0) is 18.9. The van der Waals surface area contributed by atoms with Crippen LogP contribution in [0.15, 0.2) is 23.8 Å². The summed E-state index contributed by atoms with van der Waals surface area (Å²) in [5, 5.41) is 11.2. The predicted molar refractivity (Wildman–Crippen MR) is 97.1 cm³/mol. The molecule has 3 fully saturated rings. The predicted octanol–water partition coefficient (Wildman–Crippen LogP) is 2.90. The van der Waals surface area contributed by atoms with Crippen molar-refractivity contribution in [2.24, 2.45) is 40.4 Å². The fourth-order valence-corrected chi connectivity index (χ4v) is 7.37. The van der Waals surface area contributed by atoms with Gasteiger partial charge in [0.05, 0.1) is 6.10 Å². The summed E-state index contributed by atoms with van der Waals surface area (Å²) in [6.45, 7) is 6.34. The van der Waals surface area contributed by atoms with Crippen LogP contribution in [0.4, 0.5) is 0 Å². The standard InChI is InChI=1S/C22H28O4/c1-12-8-16-15-5-4-13-9-14(24)6-7-21(13,2)20(15)17(25)10-22(16,3)19(12)18(26)11-23/h6-7,9,11-12,15-17,19-20,25H,4-5,8,10H2,1-3H3/t12?,15-,16-,17?,19+,20+,21-,22-/m0/s1. The molecule has 0 aliphatic heterocycles. The summed E-state index contributed by atoms with van der Waals surface area (Å²) in [5.74, 6) is 0.342. The quantitative estimate of drug-likeness (QED) is 0.610. The third kappa shape index (κ3) is 2.20. The highest BCUT2D eigenvalue weighted by atomic mass is 16.3. The van der Waals surface area contributed by atoms with Gasteiger partial charge >= 0.3 is 0 Å². The second-order valence-electron chi connectivity index (χ2n) is 9.51. The molecule has 26 heavy (non-hydrogen) atoms. The van der Waals surface area contributed by atoms with Gasteiger partial charge in [-0.25, -0.2) is 0 Å². The summed E-state index contributed by atoms with van der Waals surface area (Å²) in [6.07, 6.45) is 8.65. The van der Waals surface area contributed by atoms with E-state index in [1.165, 1.54) is 0 Å². The van der Waals surface area contributed by atoms with Gasteiger partial charge in [-0.1, -0.05) is 32.4 Å². The lowest BCUT2D eigenvalue weighted by atomic mass is 9.46. The van der Waals surface area contributed by atoms with Gasteiger partial charge in [-0.3, -0.25) is 14.4 Å². The van der Waals surface area contributed by atoms with Crippen LogP contribution in [0.2, 0.25) is 0 Å². The number of ketones is 2. The van der Waals surface area contributed by atoms with Crippen LogP contribution in [-0.4, -0.2) is 29.1 Å². The Morgan fingerprint density at radius 1 is 1.35 bits per heavy atom.